The number of aromatic hydroxyl groups is 2. The van der Waals surface area contributed by atoms with Crippen molar-refractivity contribution in [2.24, 2.45) is 0 Å². The van der Waals surface area contributed by atoms with Crippen LogP contribution in [0.3, 0.4) is 0 Å². The highest BCUT2D eigenvalue weighted by atomic mass is 32.3. The minimum Gasteiger partial charge on any atom is -0.508 e. The molecule has 2 aromatic carbocycles. The molecular formula is C15H10O16S3. The van der Waals surface area contributed by atoms with E-state index in [1.165, 1.54) is 0 Å². The van der Waals surface area contributed by atoms with Crippen LogP contribution < -0.4 is 18.0 Å². The van der Waals surface area contributed by atoms with Gasteiger partial charge in [0.05, 0.1) is 0 Å². The smallest absolute Gasteiger partial charge is 0.446 e. The highest BCUT2D eigenvalue weighted by molar-refractivity contribution is 7.81. The summed E-state index contributed by atoms with van der Waals surface area (Å²) in [6.45, 7) is 0. The van der Waals surface area contributed by atoms with E-state index in [4.69, 9.17) is 18.1 Å². The van der Waals surface area contributed by atoms with Crippen molar-refractivity contribution in [1.29, 1.82) is 0 Å². The van der Waals surface area contributed by atoms with Crippen molar-refractivity contribution in [3.05, 3.63) is 40.6 Å². The quantitative estimate of drug-likeness (QED) is 0.253. The topological polar surface area (TPSA) is 261 Å². The second-order valence-electron chi connectivity index (χ2n) is 6.12. The van der Waals surface area contributed by atoms with Crippen molar-refractivity contribution in [1.82, 2.24) is 0 Å². The molecule has 3 aromatic rings. The molecule has 0 spiro atoms. The predicted molar refractivity (Wildman–Crippen MR) is 108 cm³/mol. The van der Waals surface area contributed by atoms with Gasteiger partial charge in [-0.1, -0.05) is 0 Å². The van der Waals surface area contributed by atoms with E-state index < -0.39 is 87.7 Å². The Hall–Kier alpha value is -3.62. The molecular weight excluding hydrogens is 532 g/mol. The zero-order chi connectivity index (χ0) is 25.6. The third-order valence-corrected chi connectivity index (χ3v) is 4.86. The van der Waals surface area contributed by atoms with Crippen molar-refractivity contribution in [3.63, 3.8) is 0 Å². The molecule has 1 heterocycles. The fourth-order valence-electron chi connectivity index (χ4n) is 2.65. The van der Waals surface area contributed by atoms with E-state index in [0.717, 1.165) is 12.1 Å². The van der Waals surface area contributed by atoms with E-state index in [-0.39, 0.29) is 0 Å². The zero-order valence-electron chi connectivity index (χ0n) is 15.8. The van der Waals surface area contributed by atoms with Crippen molar-refractivity contribution in [2.45, 2.75) is 0 Å². The van der Waals surface area contributed by atoms with E-state index in [9.17, 15) is 40.3 Å². The van der Waals surface area contributed by atoms with Crippen LogP contribution in [0.2, 0.25) is 0 Å². The summed E-state index contributed by atoms with van der Waals surface area (Å²) in [4.78, 5) is 12.8. The monoisotopic (exact) mass is 542 g/mol. The number of rotatable bonds is 7. The Kier molecular flexibility index (Phi) is 6.11. The van der Waals surface area contributed by atoms with Crippen LogP contribution in [0.5, 0.6) is 28.7 Å². The van der Waals surface area contributed by atoms with Gasteiger partial charge < -0.3 is 27.2 Å². The molecule has 19 heteroatoms. The maximum Gasteiger partial charge on any atom is 0.446 e. The lowest BCUT2D eigenvalue weighted by atomic mass is 10.1. The van der Waals surface area contributed by atoms with Gasteiger partial charge >= 0.3 is 31.2 Å². The average molecular weight is 542 g/mol. The van der Waals surface area contributed by atoms with Gasteiger partial charge in [-0.25, -0.2) is 0 Å². The van der Waals surface area contributed by atoms with Gasteiger partial charge in [0.25, 0.3) is 0 Å². The molecule has 34 heavy (non-hydrogen) atoms. The number of hydrogen-bond acceptors (Lipinski definition) is 13. The Labute approximate surface area is 189 Å². The molecule has 0 fully saturated rings. The lowest BCUT2D eigenvalue weighted by molar-refractivity contribution is 0.361. The Morgan fingerprint density at radius 1 is 0.735 bits per heavy atom. The van der Waals surface area contributed by atoms with Crippen molar-refractivity contribution in [2.75, 3.05) is 0 Å². The first-order valence-electron chi connectivity index (χ1n) is 8.11. The normalized spacial score (nSPS) is 12.4. The van der Waals surface area contributed by atoms with Crippen LogP contribution in [0.15, 0.2) is 39.5 Å². The Bertz CT molecular complexity index is 1680. The summed E-state index contributed by atoms with van der Waals surface area (Å²) in [5.74, 6) is -5.73. The van der Waals surface area contributed by atoms with Gasteiger partial charge in [-0.3, -0.25) is 18.5 Å². The summed E-state index contributed by atoms with van der Waals surface area (Å²) < 4.78 is 111. The molecule has 0 radical (unpaired) electrons. The minimum atomic E-state index is -5.39. The van der Waals surface area contributed by atoms with Gasteiger partial charge in [0.1, 0.15) is 22.5 Å². The second-order valence-corrected chi connectivity index (χ2v) is 9.19. The van der Waals surface area contributed by atoms with Gasteiger partial charge in [0.15, 0.2) is 17.3 Å². The Balaban J connectivity index is 2.39. The number of hydrogen-bond donors (Lipinski definition) is 5. The predicted octanol–water partition coefficient (Wildman–Crippen LogP) is 0.416. The van der Waals surface area contributed by atoms with Gasteiger partial charge in [-0.2, -0.15) is 25.3 Å². The summed E-state index contributed by atoms with van der Waals surface area (Å²) in [5, 5.41) is 18.9. The molecule has 0 amide bonds. The highest BCUT2D eigenvalue weighted by Crippen LogP contribution is 2.40. The summed E-state index contributed by atoms with van der Waals surface area (Å²) in [6, 6.07) is 3.52. The second kappa shape index (κ2) is 8.30. The third kappa shape index (κ3) is 5.84. The van der Waals surface area contributed by atoms with Crippen molar-refractivity contribution >= 4 is 42.2 Å². The molecule has 184 valence electrons. The maximum atomic E-state index is 12.8. The molecule has 1 aromatic heterocycles. The fourth-order valence-corrected chi connectivity index (χ4v) is 3.73. The molecule has 0 bridgehead atoms. The summed E-state index contributed by atoms with van der Waals surface area (Å²) in [7, 11) is -15.9. The average Bonchev–Trinajstić information content (AvgIpc) is 2.61. The van der Waals surface area contributed by atoms with Gasteiger partial charge in [0, 0.05) is 17.7 Å². The van der Waals surface area contributed by atoms with E-state index >= 15 is 0 Å². The van der Waals surface area contributed by atoms with Crippen LogP contribution in [0, 0.1) is 0 Å². The van der Waals surface area contributed by atoms with Crippen LogP contribution in [-0.2, 0) is 31.2 Å². The first kappa shape index (κ1) is 25.0. The fraction of sp³-hybridized carbons (Fsp3) is 0. The first-order chi connectivity index (χ1) is 15.4. The summed E-state index contributed by atoms with van der Waals surface area (Å²) in [5.41, 5.74) is -2.44. The number of phenolic OH excluding ortho intramolecular Hbond substituents is 2. The summed E-state index contributed by atoms with van der Waals surface area (Å²) in [6.07, 6.45) is 0. The Morgan fingerprint density at radius 2 is 1.29 bits per heavy atom. The molecule has 0 saturated heterocycles. The van der Waals surface area contributed by atoms with Crippen LogP contribution in [-0.4, -0.2) is 49.1 Å². The van der Waals surface area contributed by atoms with E-state index in [0.29, 0.717) is 18.2 Å². The molecule has 0 atom stereocenters. The van der Waals surface area contributed by atoms with Crippen LogP contribution in [0.4, 0.5) is 0 Å². The molecule has 0 saturated carbocycles. The van der Waals surface area contributed by atoms with Crippen LogP contribution in [0.1, 0.15) is 0 Å². The third-order valence-electron chi connectivity index (χ3n) is 3.70. The highest BCUT2D eigenvalue weighted by Gasteiger charge is 2.26. The van der Waals surface area contributed by atoms with E-state index in [1.807, 2.05) is 0 Å². The van der Waals surface area contributed by atoms with Crippen molar-refractivity contribution in [3.8, 4) is 40.1 Å². The molecule has 3 rings (SSSR count). The maximum absolute atomic E-state index is 12.8. The van der Waals surface area contributed by atoms with E-state index in [1.54, 1.807) is 0 Å². The number of benzene rings is 2. The largest absolute Gasteiger partial charge is 0.508 e. The summed E-state index contributed by atoms with van der Waals surface area (Å²) >= 11 is 0. The first-order valence-corrected chi connectivity index (χ1v) is 12.2. The molecule has 16 nitrogen and oxygen atoms in total. The van der Waals surface area contributed by atoms with Gasteiger partial charge in [0.2, 0.25) is 11.2 Å². The molecule has 0 aliphatic rings. The van der Waals surface area contributed by atoms with Gasteiger partial charge in [-0.05, 0) is 18.2 Å². The lowest BCUT2D eigenvalue weighted by Gasteiger charge is -2.13. The molecule has 0 aliphatic carbocycles. The number of phenols is 2. The molecule has 0 unspecified atom stereocenters. The van der Waals surface area contributed by atoms with Crippen molar-refractivity contribution < 1.29 is 66.1 Å². The molecule has 0 aliphatic heterocycles. The standard InChI is InChI=1S/C15H10O16S3/c16-7-4-8(17)12-11(5-7)28-14(15(13(12)18)31-34(25,26)27)6-1-2-9(29-32(19,20)21)10(3-6)30-33(22,23)24/h1-5,16-17H,(H,19,20,21)(H,22,23,24)(H,25,26,27). The zero-order valence-corrected chi connectivity index (χ0v) is 18.3. The minimum absolute atomic E-state index is 0.512. The van der Waals surface area contributed by atoms with Crippen LogP contribution in [0.25, 0.3) is 22.3 Å². The van der Waals surface area contributed by atoms with Crippen LogP contribution >= 0.6 is 0 Å². The Morgan fingerprint density at radius 3 is 1.85 bits per heavy atom. The molecule has 5 N–H and O–H groups in total. The van der Waals surface area contributed by atoms with Gasteiger partial charge in [-0.15, -0.1) is 0 Å². The lowest BCUT2D eigenvalue weighted by Crippen LogP contribution is -2.16. The number of fused-ring (bicyclic) bond motifs is 1. The SMILES string of the molecule is O=c1c(OS(=O)(=O)O)c(-c2ccc(OS(=O)(=O)O)c(OS(=O)(=O)O)c2)oc2cc(O)cc(O)c12. The van der Waals surface area contributed by atoms with E-state index in [2.05, 4.69) is 12.5 Å².